The van der Waals surface area contributed by atoms with Gasteiger partial charge in [0.15, 0.2) is 0 Å². The van der Waals surface area contributed by atoms with Crippen molar-refractivity contribution in [3.63, 3.8) is 0 Å². The molecule has 8 heteroatoms. The van der Waals surface area contributed by atoms with E-state index in [0.29, 0.717) is 21.8 Å². The van der Waals surface area contributed by atoms with E-state index in [4.69, 9.17) is 23.2 Å². The van der Waals surface area contributed by atoms with Crippen molar-refractivity contribution in [2.45, 2.75) is 0 Å². The van der Waals surface area contributed by atoms with Gasteiger partial charge in [0, 0.05) is 16.8 Å². The van der Waals surface area contributed by atoms with Crippen LogP contribution in [0.15, 0.2) is 42.5 Å². The molecule has 6 nitrogen and oxygen atoms in total. The van der Waals surface area contributed by atoms with Crippen molar-refractivity contribution in [2.75, 3.05) is 19.0 Å². The van der Waals surface area contributed by atoms with Gasteiger partial charge in [-0.15, -0.1) is 0 Å². The minimum absolute atomic E-state index is 0.217. The molecule has 0 aromatic heterocycles. The molecule has 2 aromatic rings. The lowest BCUT2D eigenvalue weighted by Crippen LogP contribution is -2.30. The minimum Gasteiger partial charge on any atom is -0.468 e. The molecule has 0 saturated carbocycles. The van der Waals surface area contributed by atoms with E-state index in [1.807, 2.05) is 0 Å². The number of esters is 1. The molecule has 0 radical (unpaired) electrons. The van der Waals surface area contributed by atoms with Crippen molar-refractivity contribution >= 4 is 46.7 Å². The molecule has 2 rings (SSSR count). The lowest BCUT2D eigenvalue weighted by Gasteiger charge is -2.08. The van der Waals surface area contributed by atoms with Crippen LogP contribution in [0.25, 0.3) is 0 Å². The molecule has 0 unspecified atom stereocenters. The summed E-state index contributed by atoms with van der Waals surface area (Å²) >= 11 is 11.7. The molecule has 0 fully saturated rings. The van der Waals surface area contributed by atoms with Crippen LogP contribution in [0.2, 0.25) is 10.0 Å². The highest BCUT2D eigenvalue weighted by Gasteiger charge is 2.10. The fourth-order valence-corrected chi connectivity index (χ4v) is 2.17. The molecule has 2 amide bonds. The van der Waals surface area contributed by atoms with Gasteiger partial charge in [-0.25, -0.2) is 0 Å². The van der Waals surface area contributed by atoms with Crippen LogP contribution in [-0.2, 0) is 9.53 Å². The number of benzene rings is 2. The average Bonchev–Trinajstić information content (AvgIpc) is 2.62. The topological polar surface area (TPSA) is 84.5 Å². The molecular formula is C17H14Cl2N2O4. The smallest absolute Gasteiger partial charge is 0.325 e. The highest BCUT2D eigenvalue weighted by molar-refractivity contribution is 6.42. The Bertz CT molecular complexity index is 807. The average molecular weight is 381 g/mol. The Morgan fingerprint density at radius 1 is 0.920 bits per heavy atom. The maximum atomic E-state index is 12.2. The maximum Gasteiger partial charge on any atom is 0.325 e. The second-order valence-corrected chi connectivity index (χ2v) is 5.73. The predicted molar refractivity (Wildman–Crippen MR) is 95.2 cm³/mol. The Hall–Kier alpha value is -2.57. The fraction of sp³-hybridized carbons (Fsp3) is 0.118. The van der Waals surface area contributed by atoms with Crippen molar-refractivity contribution in [1.82, 2.24) is 5.32 Å². The second-order valence-electron chi connectivity index (χ2n) is 4.92. The molecule has 0 saturated heterocycles. The standard InChI is InChI=1S/C17H14Cl2N2O4/c1-25-15(22)9-20-16(23)10-2-5-12(6-3-10)21-17(24)11-4-7-13(18)14(19)8-11/h2-8H,9H2,1H3,(H,20,23)(H,21,24). The van der Waals surface area contributed by atoms with E-state index in [1.54, 1.807) is 18.2 Å². The highest BCUT2D eigenvalue weighted by atomic mass is 35.5. The van der Waals surface area contributed by atoms with Crippen LogP contribution in [0.5, 0.6) is 0 Å². The monoisotopic (exact) mass is 380 g/mol. The van der Waals surface area contributed by atoms with Crippen LogP contribution in [0.4, 0.5) is 5.69 Å². The number of hydrogen-bond donors (Lipinski definition) is 2. The molecule has 130 valence electrons. The summed E-state index contributed by atoms with van der Waals surface area (Å²) in [5.74, 6) is -1.33. The van der Waals surface area contributed by atoms with Gasteiger partial charge in [-0.05, 0) is 42.5 Å². The number of carbonyl (C=O) groups excluding carboxylic acids is 3. The summed E-state index contributed by atoms with van der Waals surface area (Å²) in [6.45, 7) is -0.217. The first-order valence-corrected chi connectivity index (χ1v) is 7.88. The van der Waals surface area contributed by atoms with Gasteiger partial charge in [0.1, 0.15) is 6.54 Å². The molecule has 2 N–H and O–H groups in total. The molecule has 0 heterocycles. The van der Waals surface area contributed by atoms with Gasteiger partial charge < -0.3 is 15.4 Å². The lowest BCUT2D eigenvalue weighted by atomic mass is 10.1. The van der Waals surface area contributed by atoms with Crippen molar-refractivity contribution in [3.8, 4) is 0 Å². The van der Waals surface area contributed by atoms with Crippen molar-refractivity contribution < 1.29 is 19.1 Å². The lowest BCUT2D eigenvalue weighted by molar-refractivity contribution is -0.139. The van der Waals surface area contributed by atoms with Crippen LogP contribution in [0, 0.1) is 0 Å². The number of anilines is 1. The number of rotatable bonds is 5. The summed E-state index contributed by atoms with van der Waals surface area (Å²) in [5, 5.41) is 5.75. The first-order chi connectivity index (χ1) is 11.9. The molecule has 0 aliphatic carbocycles. The normalized spacial score (nSPS) is 10.0. The summed E-state index contributed by atoms with van der Waals surface area (Å²) in [7, 11) is 1.24. The first-order valence-electron chi connectivity index (χ1n) is 7.12. The Labute approximate surface area is 154 Å². The summed E-state index contributed by atoms with van der Waals surface area (Å²) in [4.78, 5) is 35.0. The van der Waals surface area contributed by atoms with Gasteiger partial charge in [-0.1, -0.05) is 23.2 Å². The van der Waals surface area contributed by atoms with Gasteiger partial charge in [-0.3, -0.25) is 14.4 Å². The number of ether oxygens (including phenoxy) is 1. The maximum absolute atomic E-state index is 12.2. The molecule has 0 atom stereocenters. The van der Waals surface area contributed by atoms with Gasteiger partial charge in [0.05, 0.1) is 17.2 Å². The number of nitrogens with one attached hydrogen (secondary N) is 2. The molecule has 0 aliphatic heterocycles. The zero-order valence-electron chi connectivity index (χ0n) is 13.1. The van der Waals surface area contributed by atoms with Crippen LogP contribution in [0.3, 0.4) is 0 Å². The third kappa shape index (κ3) is 5.20. The predicted octanol–water partition coefficient (Wildman–Crippen LogP) is 3.15. The van der Waals surface area contributed by atoms with Crippen molar-refractivity contribution in [1.29, 1.82) is 0 Å². The van der Waals surface area contributed by atoms with Crippen LogP contribution < -0.4 is 10.6 Å². The van der Waals surface area contributed by atoms with E-state index in [9.17, 15) is 14.4 Å². The van der Waals surface area contributed by atoms with E-state index in [0.717, 1.165) is 0 Å². The highest BCUT2D eigenvalue weighted by Crippen LogP contribution is 2.23. The summed E-state index contributed by atoms with van der Waals surface area (Å²) in [5.41, 5.74) is 1.20. The molecule has 2 aromatic carbocycles. The van der Waals surface area contributed by atoms with E-state index in [-0.39, 0.29) is 17.5 Å². The van der Waals surface area contributed by atoms with Gasteiger partial charge >= 0.3 is 5.97 Å². The number of halogens is 2. The van der Waals surface area contributed by atoms with Crippen LogP contribution in [-0.4, -0.2) is 31.4 Å². The molecule has 0 aliphatic rings. The van der Waals surface area contributed by atoms with E-state index in [1.165, 1.54) is 31.4 Å². The Kier molecular flexibility index (Phi) is 6.38. The summed E-state index contributed by atoms with van der Waals surface area (Å²) in [6, 6.07) is 10.7. The fourth-order valence-electron chi connectivity index (χ4n) is 1.87. The quantitative estimate of drug-likeness (QED) is 0.780. The number of amides is 2. The third-order valence-electron chi connectivity index (χ3n) is 3.21. The first kappa shape index (κ1) is 18.8. The van der Waals surface area contributed by atoms with E-state index >= 15 is 0 Å². The van der Waals surface area contributed by atoms with Crippen molar-refractivity contribution in [3.05, 3.63) is 63.6 Å². The number of methoxy groups -OCH3 is 1. The summed E-state index contributed by atoms with van der Waals surface area (Å²) < 4.78 is 4.44. The minimum atomic E-state index is -0.543. The number of hydrogen-bond acceptors (Lipinski definition) is 4. The third-order valence-corrected chi connectivity index (χ3v) is 3.95. The Morgan fingerprint density at radius 2 is 1.56 bits per heavy atom. The van der Waals surface area contributed by atoms with Gasteiger partial charge in [0.2, 0.25) is 0 Å². The Balaban J connectivity index is 1.99. The van der Waals surface area contributed by atoms with Gasteiger partial charge in [0.25, 0.3) is 11.8 Å². The van der Waals surface area contributed by atoms with Crippen molar-refractivity contribution in [2.24, 2.45) is 0 Å². The van der Waals surface area contributed by atoms with Crippen LogP contribution >= 0.6 is 23.2 Å². The van der Waals surface area contributed by atoms with E-state index in [2.05, 4.69) is 15.4 Å². The van der Waals surface area contributed by atoms with Gasteiger partial charge in [-0.2, -0.15) is 0 Å². The zero-order chi connectivity index (χ0) is 18.4. The zero-order valence-corrected chi connectivity index (χ0v) is 14.6. The molecule has 25 heavy (non-hydrogen) atoms. The SMILES string of the molecule is COC(=O)CNC(=O)c1ccc(NC(=O)c2ccc(Cl)c(Cl)c2)cc1. The Morgan fingerprint density at radius 3 is 2.16 bits per heavy atom. The number of carbonyl (C=O) groups is 3. The molecular weight excluding hydrogens is 367 g/mol. The van der Waals surface area contributed by atoms with Crippen LogP contribution in [0.1, 0.15) is 20.7 Å². The van der Waals surface area contributed by atoms with E-state index < -0.39 is 11.9 Å². The molecule has 0 bridgehead atoms. The second kappa shape index (κ2) is 8.50. The summed E-state index contributed by atoms with van der Waals surface area (Å²) in [6.07, 6.45) is 0. The molecule has 0 spiro atoms. The largest absolute Gasteiger partial charge is 0.468 e.